The highest BCUT2D eigenvalue weighted by Gasteiger charge is 2.07. The lowest BCUT2D eigenvalue weighted by Crippen LogP contribution is -2.32. The van der Waals surface area contributed by atoms with Crippen LogP contribution in [0.1, 0.15) is 23.7 Å². The number of rotatable bonds is 6. The summed E-state index contributed by atoms with van der Waals surface area (Å²) in [6.07, 6.45) is 1.12. The Morgan fingerprint density at radius 2 is 1.94 bits per heavy atom. The molecule has 0 aromatic heterocycles. The minimum Gasteiger partial charge on any atom is -0.351 e. The van der Waals surface area contributed by atoms with Gasteiger partial charge in [-0.2, -0.15) is 0 Å². The molecule has 0 unspecified atom stereocenters. The van der Waals surface area contributed by atoms with Crippen molar-refractivity contribution >= 4 is 40.9 Å². The largest absolute Gasteiger partial charge is 0.351 e. The number of hydrogen-bond acceptors (Lipinski definition) is 2. The van der Waals surface area contributed by atoms with E-state index in [9.17, 15) is 4.79 Å². The smallest absolute Gasteiger partial charge is 0.252 e. The maximum Gasteiger partial charge on any atom is 0.252 e. The van der Waals surface area contributed by atoms with Gasteiger partial charge in [0.15, 0.2) is 0 Å². The van der Waals surface area contributed by atoms with Gasteiger partial charge in [-0.25, -0.2) is 0 Å². The normalized spacial score (nSPS) is 9.53. The van der Waals surface area contributed by atoms with Crippen LogP contribution in [0.4, 0.5) is 0 Å². The maximum absolute atomic E-state index is 11.8. The summed E-state index contributed by atoms with van der Waals surface area (Å²) in [5.74, 6) is 0.00305. The summed E-state index contributed by atoms with van der Waals surface area (Å²) < 4.78 is 0.985. The van der Waals surface area contributed by atoms with Crippen molar-refractivity contribution in [1.29, 1.82) is 0 Å². The molecule has 96 valence electrons. The lowest BCUT2D eigenvalue weighted by molar-refractivity contribution is 0.0953. The third kappa shape index (κ3) is 6.24. The summed E-state index contributed by atoms with van der Waals surface area (Å²) in [5.41, 5.74) is 0.749. The van der Waals surface area contributed by atoms with Gasteiger partial charge in [-0.1, -0.05) is 19.1 Å². The Bertz CT molecular complexity index is 347. The first-order valence-electron chi connectivity index (χ1n) is 5.49. The van der Waals surface area contributed by atoms with Crippen molar-refractivity contribution in [1.82, 2.24) is 10.6 Å². The van der Waals surface area contributed by atoms with Crippen LogP contribution >= 0.6 is 35.0 Å². The van der Waals surface area contributed by atoms with E-state index in [0.29, 0.717) is 6.54 Å². The molecule has 0 spiro atoms. The molecule has 0 heterocycles. The number of amides is 1. The molecular weight excluding hydrogens is 351 g/mol. The van der Waals surface area contributed by atoms with Gasteiger partial charge in [0, 0.05) is 16.7 Å². The molecule has 2 N–H and O–H groups in total. The standard InChI is InChI=1S/C12H17IN2O.ClH/c1-2-7-14-8-9-15-12(16)10-5-3-4-6-11(10)13;/h3-6,14H,2,7-9H2,1H3,(H,15,16);1H. The molecule has 1 rings (SSSR count). The summed E-state index contributed by atoms with van der Waals surface area (Å²) in [7, 11) is 0. The maximum atomic E-state index is 11.8. The second-order valence-corrected chi connectivity index (χ2v) is 4.65. The molecule has 0 bridgehead atoms. The Labute approximate surface area is 122 Å². The van der Waals surface area contributed by atoms with Gasteiger partial charge in [0.25, 0.3) is 5.91 Å². The molecule has 1 amide bonds. The minimum atomic E-state index is 0. The predicted octanol–water partition coefficient (Wildman–Crippen LogP) is 2.44. The van der Waals surface area contributed by atoms with Crippen LogP contribution in [0.5, 0.6) is 0 Å². The predicted molar refractivity (Wildman–Crippen MR) is 81.9 cm³/mol. The van der Waals surface area contributed by atoms with Crippen molar-refractivity contribution in [3.05, 3.63) is 33.4 Å². The molecule has 3 nitrogen and oxygen atoms in total. The fraction of sp³-hybridized carbons (Fsp3) is 0.417. The van der Waals surface area contributed by atoms with Crippen LogP contribution in [0.15, 0.2) is 24.3 Å². The van der Waals surface area contributed by atoms with Gasteiger partial charge in [0.05, 0.1) is 5.56 Å². The van der Waals surface area contributed by atoms with Crippen molar-refractivity contribution < 1.29 is 4.79 Å². The minimum absolute atomic E-state index is 0. The Balaban J connectivity index is 0.00000256. The molecule has 0 aliphatic rings. The van der Waals surface area contributed by atoms with Crippen LogP contribution in [0.3, 0.4) is 0 Å². The summed E-state index contributed by atoms with van der Waals surface area (Å²) in [6.45, 7) is 4.61. The molecular formula is C12H18ClIN2O. The molecule has 1 aromatic carbocycles. The molecule has 0 radical (unpaired) electrons. The van der Waals surface area contributed by atoms with Gasteiger partial charge in [0.1, 0.15) is 0 Å². The molecule has 0 aliphatic carbocycles. The van der Waals surface area contributed by atoms with E-state index < -0.39 is 0 Å². The van der Waals surface area contributed by atoms with Gasteiger partial charge in [-0.05, 0) is 47.7 Å². The van der Waals surface area contributed by atoms with Gasteiger partial charge >= 0.3 is 0 Å². The second kappa shape index (κ2) is 9.67. The van der Waals surface area contributed by atoms with Crippen molar-refractivity contribution in [2.24, 2.45) is 0 Å². The van der Waals surface area contributed by atoms with Crippen LogP contribution in [0.25, 0.3) is 0 Å². The van der Waals surface area contributed by atoms with E-state index in [-0.39, 0.29) is 18.3 Å². The Morgan fingerprint density at radius 1 is 1.24 bits per heavy atom. The topological polar surface area (TPSA) is 41.1 Å². The quantitative estimate of drug-likeness (QED) is 0.598. The number of halogens is 2. The molecule has 0 saturated heterocycles. The number of hydrogen-bond donors (Lipinski definition) is 2. The van der Waals surface area contributed by atoms with E-state index in [4.69, 9.17) is 0 Å². The average Bonchev–Trinajstić information content (AvgIpc) is 2.29. The molecule has 17 heavy (non-hydrogen) atoms. The van der Waals surface area contributed by atoms with Gasteiger partial charge in [-0.15, -0.1) is 12.4 Å². The zero-order valence-corrected chi connectivity index (χ0v) is 12.8. The van der Waals surface area contributed by atoms with E-state index in [1.807, 2.05) is 24.3 Å². The third-order valence-corrected chi connectivity index (χ3v) is 3.07. The highest BCUT2D eigenvalue weighted by atomic mass is 127. The SMILES string of the molecule is CCCNCCNC(=O)c1ccccc1I.Cl. The molecule has 0 atom stereocenters. The van der Waals surface area contributed by atoms with Crippen LogP contribution < -0.4 is 10.6 Å². The number of carbonyl (C=O) groups is 1. The summed E-state index contributed by atoms with van der Waals surface area (Å²) >= 11 is 2.17. The van der Waals surface area contributed by atoms with E-state index in [1.54, 1.807) is 0 Å². The molecule has 5 heteroatoms. The molecule has 0 saturated carbocycles. The monoisotopic (exact) mass is 368 g/mol. The first-order valence-corrected chi connectivity index (χ1v) is 6.57. The first kappa shape index (κ1) is 16.7. The van der Waals surface area contributed by atoms with Crippen molar-refractivity contribution in [3.8, 4) is 0 Å². The van der Waals surface area contributed by atoms with Crippen LogP contribution in [-0.4, -0.2) is 25.5 Å². The zero-order valence-electron chi connectivity index (χ0n) is 9.83. The highest BCUT2D eigenvalue weighted by Crippen LogP contribution is 2.10. The van der Waals surface area contributed by atoms with Crippen molar-refractivity contribution in [3.63, 3.8) is 0 Å². The number of nitrogens with one attached hydrogen (secondary N) is 2. The fourth-order valence-electron chi connectivity index (χ4n) is 1.31. The summed E-state index contributed by atoms with van der Waals surface area (Å²) in [5, 5.41) is 6.13. The van der Waals surface area contributed by atoms with Crippen LogP contribution in [-0.2, 0) is 0 Å². The number of carbonyl (C=O) groups excluding carboxylic acids is 1. The van der Waals surface area contributed by atoms with E-state index in [1.165, 1.54) is 0 Å². The lowest BCUT2D eigenvalue weighted by Gasteiger charge is -2.07. The first-order chi connectivity index (χ1) is 7.75. The van der Waals surface area contributed by atoms with Crippen molar-refractivity contribution in [2.75, 3.05) is 19.6 Å². The molecule has 0 aliphatic heterocycles. The second-order valence-electron chi connectivity index (χ2n) is 3.49. The Hall–Kier alpha value is -0.330. The Kier molecular flexibility index (Phi) is 9.49. The molecule has 1 aromatic rings. The van der Waals surface area contributed by atoms with E-state index >= 15 is 0 Å². The van der Waals surface area contributed by atoms with Gasteiger partial charge in [-0.3, -0.25) is 4.79 Å². The molecule has 0 fully saturated rings. The van der Waals surface area contributed by atoms with E-state index in [0.717, 1.165) is 28.6 Å². The van der Waals surface area contributed by atoms with Crippen LogP contribution in [0, 0.1) is 3.57 Å². The van der Waals surface area contributed by atoms with Gasteiger partial charge in [0.2, 0.25) is 0 Å². The Morgan fingerprint density at radius 3 is 2.59 bits per heavy atom. The lowest BCUT2D eigenvalue weighted by atomic mass is 10.2. The summed E-state index contributed by atoms with van der Waals surface area (Å²) in [4.78, 5) is 11.8. The van der Waals surface area contributed by atoms with Gasteiger partial charge < -0.3 is 10.6 Å². The highest BCUT2D eigenvalue weighted by molar-refractivity contribution is 14.1. The zero-order chi connectivity index (χ0) is 11.8. The third-order valence-electron chi connectivity index (χ3n) is 2.13. The summed E-state index contributed by atoms with van der Waals surface area (Å²) in [6, 6.07) is 7.59. The van der Waals surface area contributed by atoms with Crippen LogP contribution in [0.2, 0.25) is 0 Å². The van der Waals surface area contributed by atoms with Crippen molar-refractivity contribution in [2.45, 2.75) is 13.3 Å². The number of benzene rings is 1. The average molecular weight is 369 g/mol. The van der Waals surface area contributed by atoms with E-state index in [2.05, 4.69) is 40.1 Å². The fourth-order valence-corrected chi connectivity index (χ4v) is 1.94.